The number of carboxylic acids is 1. The summed E-state index contributed by atoms with van der Waals surface area (Å²) in [5, 5.41) is 26.5. The van der Waals surface area contributed by atoms with Crippen molar-refractivity contribution in [3.05, 3.63) is 65.7 Å². The van der Waals surface area contributed by atoms with E-state index in [2.05, 4.69) is 31.9 Å². The number of amides is 8. The van der Waals surface area contributed by atoms with Gasteiger partial charge in [-0.25, -0.2) is 4.79 Å². The third-order valence-corrected chi connectivity index (χ3v) is 16.0. The minimum Gasteiger partial charge on any atom is -0.480 e. The highest BCUT2D eigenvalue weighted by atomic mass is 32.2. The molecule has 0 aromatic heterocycles. The summed E-state index contributed by atoms with van der Waals surface area (Å²) < 4.78 is 33.1. The monoisotopic (exact) mass is 1140 g/mol. The smallest absolute Gasteiger partial charge is 0.326 e. The molecular weight excluding hydrogens is 1050 g/mol. The number of benzene rings is 2. The van der Waals surface area contributed by atoms with Crippen molar-refractivity contribution in [2.24, 2.45) is 35.3 Å². The molecule has 0 radical (unpaired) electrons. The summed E-state index contributed by atoms with van der Waals surface area (Å²) in [6.45, 7) is 18.6. The standard InChI is InChI=1S/C57H87N9O13S/c1-11-35(9)46(58)53(71)64-48(36(10)12-2)54(72)61-40(28-32(3)4)51(69)63-47(34(7)8)56(74)66-27-17-21-45(66)55(73)65-26-16-20-44(65)52(70)60-42(30-37-18-14-13-15-19-37)49(67)59-41(50(68)62-43(57(75)76)29-33(5)6)31-38-22-24-39(25-23-38)80(77,78)79/h13-15,18-19,22-25,32-36,40-48H,11-12,16-17,20-21,26-31,58H2,1-10H3,(H,59,67)(H,60,70)(H,61,72)(H,62,68)(H,63,69)(H,64,71)(H,75,76)(H,77,78,79)/t35-,36-,40-,41-,42-,43-,44-,45-,46-,47-,48-/m0/s1. The van der Waals surface area contributed by atoms with Crippen LogP contribution in [-0.2, 0) is 66.1 Å². The highest BCUT2D eigenvalue weighted by molar-refractivity contribution is 7.85. The molecule has 80 heavy (non-hydrogen) atoms. The van der Waals surface area contributed by atoms with Crippen LogP contribution in [0.4, 0.5) is 0 Å². The van der Waals surface area contributed by atoms with Crippen molar-refractivity contribution in [2.45, 2.75) is 193 Å². The van der Waals surface area contributed by atoms with E-state index < -0.39 is 129 Å². The van der Waals surface area contributed by atoms with Crippen LogP contribution in [0.2, 0.25) is 0 Å². The maximum atomic E-state index is 14.7. The van der Waals surface area contributed by atoms with Gasteiger partial charge in [-0.3, -0.25) is 42.9 Å². The molecule has 0 bridgehead atoms. The zero-order valence-corrected chi connectivity index (χ0v) is 48.8. The summed E-state index contributed by atoms with van der Waals surface area (Å²) in [6, 6.07) is 3.36. The molecular formula is C57H87N9O13S. The lowest BCUT2D eigenvalue weighted by Gasteiger charge is -2.35. The van der Waals surface area contributed by atoms with Gasteiger partial charge in [-0.2, -0.15) is 8.42 Å². The largest absolute Gasteiger partial charge is 0.480 e. The summed E-state index contributed by atoms with van der Waals surface area (Å²) in [5.41, 5.74) is 7.18. The molecule has 2 aliphatic heterocycles. The molecule has 0 spiro atoms. The molecule has 2 saturated heterocycles. The van der Waals surface area contributed by atoms with Crippen LogP contribution in [0.25, 0.3) is 0 Å². The van der Waals surface area contributed by atoms with Gasteiger partial charge in [-0.15, -0.1) is 0 Å². The van der Waals surface area contributed by atoms with Gasteiger partial charge in [0.05, 0.1) is 10.9 Å². The number of carboxylic acid groups (broad SMARTS) is 1. The Balaban J connectivity index is 1.57. The van der Waals surface area contributed by atoms with E-state index in [4.69, 9.17) is 5.73 Å². The van der Waals surface area contributed by atoms with Crippen molar-refractivity contribution < 1.29 is 61.2 Å². The molecule has 8 amide bonds. The number of likely N-dealkylation sites (tertiary alicyclic amines) is 2. The molecule has 444 valence electrons. The number of nitrogens with one attached hydrogen (secondary N) is 6. The van der Waals surface area contributed by atoms with Crippen LogP contribution >= 0.6 is 0 Å². The Morgan fingerprint density at radius 3 is 1.57 bits per heavy atom. The number of nitrogens with zero attached hydrogens (tertiary/aromatic N) is 2. The number of hydrogen-bond donors (Lipinski definition) is 9. The first-order chi connectivity index (χ1) is 37.6. The lowest BCUT2D eigenvalue weighted by molar-refractivity contribution is -0.148. The predicted molar refractivity (Wildman–Crippen MR) is 299 cm³/mol. The second-order valence-electron chi connectivity index (χ2n) is 22.7. The zero-order chi connectivity index (χ0) is 59.8. The minimum absolute atomic E-state index is 0.0636. The predicted octanol–water partition coefficient (Wildman–Crippen LogP) is 2.86. The molecule has 10 N–H and O–H groups in total. The van der Waals surface area contributed by atoms with Gasteiger partial charge in [0.15, 0.2) is 0 Å². The van der Waals surface area contributed by atoms with Crippen LogP contribution in [0, 0.1) is 29.6 Å². The first kappa shape index (κ1) is 66.1. The van der Waals surface area contributed by atoms with E-state index in [9.17, 15) is 61.2 Å². The molecule has 0 unspecified atom stereocenters. The van der Waals surface area contributed by atoms with Crippen molar-refractivity contribution in [3.8, 4) is 0 Å². The quantitative estimate of drug-likeness (QED) is 0.0530. The van der Waals surface area contributed by atoms with Crippen LogP contribution in [-0.4, -0.2) is 149 Å². The topological polar surface area (TPSA) is 333 Å². The van der Waals surface area contributed by atoms with E-state index in [1.54, 1.807) is 58.0 Å². The lowest BCUT2D eigenvalue weighted by atomic mass is 9.94. The summed E-state index contributed by atoms with van der Waals surface area (Å²) in [5.74, 6) is -7.48. The van der Waals surface area contributed by atoms with Gasteiger partial charge in [-0.05, 0) is 91.4 Å². The number of rotatable bonds is 29. The Labute approximate surface area is 471 Å². The number of aliphatic carboxylic acids is 1. The normalized spacial score (nSPS) is 18.9. The van der Waals surface area contributed by atoms with Crippen LogP contribution in [0.5, 0.6) is 0 Å². The second-order valence-corrected chi connectivity index (χ2v) is 24.2. The molecule has 0 saturated carbocycles. The van der Waals surface area contributed by atoms with Gasteiger partial charge in [0.2, 0.25) is 47.3 Å². The van der Waals surface area contributed by atoms with Crippen LogP contribution in [0.3, 0.4) is 0 Å². The van der Waals surface area contributed by atoms with Crippen molar-refractivity contribution in [2.75, 3.05) is 13.1 Å². The van der Waals surface area contributed by atoms with Gasteiger partial charge in [0, 0.05) is 25.9 Å². The van der Waals surface area contributed by atoms with Crippen molar-refractivity contribution in [1.29, 1.82) is 0 Å². The Bertz CT molecular complexity index is 2580. The third kappa shape index (κ3) is 18.8. The van der Waals surface area contributed by atoms with Gasteiger partial charge in [0.1, 0.15) is 48.3 Å². The molecule has 4 rings (SSSR count). The summed E-state index contributed by atoms with van der Waals surface area (Å²) in [7, 11) is -4.56. The maximum absolute atomic E-state index is 14.7. The van der Waals surface area contributed by atoms with E-state index in [1.165, 1.54) is 21.9 Å². The second kappa shape index (κ2) is 30.4. The Morgan fingerprint density at radius 2 is 1.05 bits per heavy atom. The Morgan fingerprint density at radius 1 is 0.575 bits per heavy atom. The molecule has 2 aliphatic rings. The van der Waals surface area contributed by atoms with Gasteiger partial charge >= 0.3 is 5.97 Å². The average Bonchev–Trinajstić information content (AvgIpc) is 4.11. The summed E-state index contributed by atoms with van der Waals surface area (Å²) in [4.78, 5) is 128. The van der Waals surface area contributed by atoms with Gasteiger partial charge < -0.3 is 52.5 Å². The fourth-order valence-electron chi connectivity index (χ4n) is 9.96. The van der Waals surface area contributed by atoms with Crippen molar-refractivity contribution >= 4 is 63.3 Å². The highest BCUT2D eigenvalue weighted by Crippen LogP contribution is 2.27. The molecule has 0 aliphatic carbocycles. The molecule has 2 heterocycles. The molecule has 23 heteroatoms. The number of hydrogen-bond acceptors (Lipinski definition) is 12. The first-order valence-electron chi connectivity index (χ1n) is 28.1. The SMILES string of the molecule is CC[C@H](C)[C@H](N)C(=O)N[C@H](C(=O)N[C@@H](CC(C)C)C(=O)N[C@H](C(=O)N1CCC[C@H]1C(=O)N1CCC[C@H]1C(=O)N[C@@H](Cc1ccccc1)C(=O)N[C@@H](Cc1ccc(S(=O)(=O)O)cc1)C(=O)N[C@@H](CC(C)C)C(=O)O)C(C)C)[C@@H](C)CC. The number of carbonyl (C=O) groups is 9. The van der Waals surface area contributed by atoms with E-state index in [0.29, 0.717) is 36.8 Å². The molecule has 2 aromatic carbocycles. The first-order valence-corrected chi connectivity index (χ1v) is 29.5. The van der Waals surface area contributed by atoms with E-state index in [-0.39, 0.29) is 75.3 Å². The Hall–Kier alpha value is -6.46. The molecule has 11 atom stereocenters. The minimum atomic E-state index is -4.56. The zero-order valence-electron chi connectivity index (χ0n) is 48.0. The number of nitrogens with two attached hydrogens (primary N) is 1. The van der Waals surface area contributed by atoms with E-state index in [1.807, 2.05) is 41.5 Å². The Kier molecular flexibility index (Phi) is 25.1. The van der Waals surface area contributed by atoms with Crippen LogP contribution in [0.15, 0.2) is 59.5 Å². The highest BCUT2D eigenvalue weighted by Gasteiger charge is 2.45. The van der Waals surface area contributed by atoms with E-state index >= 15 is 0 Å². The fourth-order valence-corrected chi connectivity index (χ4v) is 10.4. The molecule has 2 aromatic rings. The molecule has 22 nitrogen and oxygen atoms in total. The summed E-state index contributed by atoms with van der Waals surface area (Å²) in [6.07, 6.45) is 2.49. The van der Waals surface area contributed by atoms with Gasteiger partial charge in [-0.1, -0.05) is 125 Å². The van der Waals surface area contributed by atoms with E-state index in [0.717, 1.165) is 12.1 Å². The average molecular weight is 1140 g/mol. The maximum Gasteiger partial charge on any atom is 0.326 e. The third-order valence-electron chi connectivity index (χ3n) is 15.1. The van der Waals surface area contributed by atoms with Crippen molar-refractivity contribution in [1.82, 2.24) is 41.7 Å². The van der Waals surface area contributed by atoms with Crippen LogP contribution in [0.1, 0.15) is 132 Å². The van der Waals surface area contributed by atoms with Gasteiger partial charge in [0.25, 0.3) is 10.1 Å². The lowest BCUT2D eigenvalue weighted by Crippen LogP contribution is -2.61. The van der Waals surface area contributed by atoms with Crippen LogP contribution < -0.4 is 37.6 Å². The van der Waals surface area contributed by atoms with Crippen molar-refractivity contribution in [3.63, 3.8) is 0 Å². The number of carbonyl (C=O) groups excluding carboxylic acids is 8. The molecule has 2 fully saturated rings. The summed E-state index contributed by atoms with van der Waals surface area (Å²) >= 11 is 0. The fraction of sp³-hybridized carbons (Fsp3) is 0.632.